The molecule has 0 spiro atoms. The van der Waals surface area contributed by atoms with Gasteiger partial charge in [-0.05, 0) is 25.0 Å². The molecule has 1 aliphatic carbocycles. The minimum absolute atomic E-state index is 0.0284. The number of benzene rings is 1. The monoisotopic (exact) mass is 354 g/mol. The van der Waals surface area contributed by atoms with E-state index in [-0.39, 0.29) is 30.6 Å². The molecule has 0 radical (unpaired) electrons. The highest BCUT2D eigenvalue weighted by atomic mass is 19.2. The van der Waals surface area contributed by atoms with Crippen LogP contribution in [0.4, 0.5) is 18.9 Å². The Labute approximate surface area is 144 Å². The van der Waals surface area contributed by atoms with Gasteiger partial charge in [0.2, 0.25) is 11.8 Å². The molecule has 1 aromatic carbocycles. The Morgan fingerprint density at radius 1 is 1.04 bits per heavy atom. The van der Waals surface area contributed by atoms with Crippen molar-refractivity contribution >= 4 is 17.5 Å². The summed E-state index contributed by atoms with van der Waals surface area (Å²) in [5.74, 6) is -5.63. The molecule has 4 nitrogen and oxygen atoms in total. The van der Waals surface area contributed by atoms with Gasteiger partial charge >= 0.3 is 0 Å². The number of carbonyl (C=O) groups excluding carboxylic acids is 2. The van der Waals surface area contributed by atoms with E-state index in [4.69, 9.17) is 0 Å². The molecule has 2 aliphatic rings. The van der Waals surface area contributed by atoms with Crippen LogP contribution in [0, 0.1) is 23.4 Å². The molecule has 1 aliphatic heterocycles. The van der Waals surface area contributed by atoms with Gasteiger partial charge in [-0.2, -0.15) is 0 Å². The van der Waals surface area contributed by atoms with E-state index >= 15 is 0 Å². The molecule has 25 heavy (non-hydrogen) atoms. The summed E-state index contributed by atoms with van der Waals surface area (Å²) < 4.78 is 40.4. The molecule has 1 heterocycles. The molecular formula is C18H21F3N2O2. The number of hydrogen-bond donors (Lipinski definition) is 1. The zero-order valence-corrected chi connectivity index (χ0v) is 13.9. The molecule has 3 rings (SSSR count). The molecule has 1 N–H and O–H groups in total. The third-order valence-electron chi connectivity index (χ3n) is 5.00. The lowest BCUT2D eigenvalue weighted by Gasteiger charge is -2.20. The molecule has 1 unspecified atom stereocenters. The minimum Gasteiger partial charge on any atom is -0.353 e. The molecule has 136 valence electrons. The number of carbonyl (C=O) groups is 2. The van der Waals surface area contributed by atoms with Gasteiger partial charge in [-0.1, -0.05) is 25.7 Å². The van der Waals surface area contributed by atoms with E-state index in [2.05, 4.69) is 5.32 Å². The molecular weight excluding hydrogens is 333 g/mol. The van der Waals surface area contributed by atoms with Crippen LogP contribution in [0.3, 0.4) is 0 Å². The van der Waals surface area contributed by atoms with Crippen molar-refractivity contribution in [3.05, 3.63) is 29.6 Å². The number of halogens is 3. The standard InChI is InChI=1S/C18H21F3N2O2/c19-13-7-8-14(17(21)16(13)20)23-10-11(9-15(23)24)18(25)22-12-5-3-1-2-4-6-12/h7-8,11-12H,1-6,9-10H2,(H,22,25). The predicted octanol–water partition coefficient (Wildman–Crippen LogP) is 3.30. The fourth-order valence-electron chi connectivity index (χ4n) is 3.58. The number of nitrogens with one attached hydrogen (secondary N) is 1. The van der Waals surface area contributed by atoms with E-state index < -0.39 is 29.3 Å². The summed E-state index contributed by atoms with van der Waals surface area (Å²) in [4.78, 5) is 25.6. The highest BCUT2D eigenvalue weighted by Gasteiger charge is 2.37. The SMILES string of the molecule is O=C(NC1CCCCCC1)C1CC(=O)N(c2ccc(F)c(F)c2F)C1. The van der Waals surface area contributed by atoms with Crippen LogP contribution in [-0.2, 0) is 9.59 Å². The van der Waals surface area contributed by atoms with Crippen molar-refractivity contribution in [1.29, 1.82) is 0 Å². The van der Waals surface area contributed by atoms with Crippen LogP contribution in [0.15, 0.2) is 12.1 Å². The van der Waals surface area contributed by atoms with E-state index in [9.17, 15) is 22.8 Å². The largest absolute Gasteiger partial charge is 0.353 e. The van der Waals surface area contributed by atoms with Gasteiger partial charge in [-0.15, -0.1) is 0 Å². The average molecular weight is 354 g/mol. The topological polar surface area (TPSA) is 49.4 Å². The Balaban J connectivity index is 1.67. The van der Waals surface area contributed by atoms with Crippen molar-refractivity contribution in [3.63, 3.8) is 0 Å². The lowest BCUT2D eigenvalue weighted by atomic mass is 10.0. The van der Waals surface area contributed by atoms with Crippen LogP contribution >= 0.6 is 0 Å². The van der Waals surface area contributed by atoms with Gasteiger partial charge in [0.25, 0.3) is 0 Å². The van der Waals surface area contributed by atoms with Gasteiger partial charge in [0, 0.05) is 19.0 Å². The van der Waals surface area contributed by atoms with Crippen LogP contribution in [-0.4, -0.2) is 24.4 Å². The molecule has 0 aromatic heterocycles. The van der Waals surface area contributed by atoms with Crippen molar-refractivity contribution in [2.24, 2.45) is 5.92 Å². The highest BCUT2D eigenvalue weighted by molar-refractivity contribution is 6.00. The first-order chi connectivity index (χ1) is 12.0. The molecule has 2 amide bonds. The second kappa shape index (κ2) is 7.45. The minimum atomic E-state index is -1.61. The molecule has 1 saturated heterocycles. The Hall–Kier alpha value is -2.05. The molecule has 1 aromatic rings. The van der Waals surface area contributed by atoms with Crippen molar-refractivity contribution in [3.8, 4) is 0 Å². The maximum Gasteiger partial charge on any atom is 0.227 e. The fourth-order valence-corrected chi connectivity index (χ4v) is 3.58. The van der Waals surface area contributed by atoms with Crippen molar-refractivity contribution in [2.75, 3.05) is 11.4 Å². The van der Waals surface area contributed by atoms with E-state index in [1.165, 1.54) is 0 Å². The lowest BCUT2D eigenvalue weighted by Crippen LogP contribution is -2.39. The third kappa shape index (κ3) is 3.80. The Morgan fingerprint density at radius 3 is 2.40 bits per heavy atom. The van der Waals surface area contributed by atoms with Crippen LogP contribution in [0.1, 0.15) is 44.9 Å². The van der Waals surface area contributed by atoms with Gasteiger partial charge in [0.05, 0.1) is 11.6 Å². The summed E-state index contributed by atoms with van der Waals surface area (Å²) in [5, 5.41) is 2.98. The Kier molecular flexibility index (Phi) is 5.30. The molecule has 2 fully saturated rings. The number of anilines is 1. The average Bonchev–Trinajstić information content (AvgIpc) is 2.80. The van der Waals surface area contributed by atoms with E-state index in [0.717, 1.165) is 55.6 Å². The summed E-state index contributed by atoms with van der Waals surface area (Å²) in [5.41, 5.74) is -0.325. The van der Waals surface area contributed by atoms with Crippen molar-refractivity contribution in [2.45, 2.75) is 51.0 Å². The number of nitrogens with zero attached hydrogens (tertiary/aromatic N) is 1. The van der Waals surface area contributed by atoms with E-state index in [1.807, 2.05) is 0 Å². The molecule has 1 saturated carbocycles. The third-order valence-corrected chi connectivity index (χ3v) is 5.00. The maximum absolute atomic E-state index is 13.9. The van der Waals surface area contributed by atoms with Gasteiger partial charge in [-0.3, -0.25) is 9.59 Å². The van der Waals surface area contributed by atoms with E-state index in [1.54, 1.807) is 0 Å². The van der Waals surface area contributed by atoms with Gasteiger partial charge in [0.1, 0.15) is 0 Å². The van der Waals surface area contributed by atoms with Crippen molar-refractivity contribution in [1.82, 2.24) is 5.32 Å². The second-order valence-electron chi connectivity index (χ2n) is 6.80. The van der Waals surface area contributed by atoms with Crippen molar-refractivity contribution < 1.29 is 22.8 Å². The molecule has 0 bridgehead atoms. The summed E-state index contributed by atoms with van der Waals surface area (Å²) in [6.45, 7) is -0.0284. The summed E-state index contributed by atoms with van der Waals surface area (Å²) in [6, 6.07) is 1.91. The highest BCUT2D eigenvalue weighted by Crippen LogP contribution is 2.30. The second-order valence-corrected chi connectivity index (χ2v) is 6.80. The number of hydrogen-bond acceptors (Lipinski definition) is 2. The summed E-state index contributed by atoms with van der Waals surface area (Å²) in [7, 11) is 0. The summed E-state index contributed by atoms with van der Waals surface area (Å²) >= 11 is 0. The number of rotatable bonds is 3. The predicted molar refractivity (Wildman–Crippen MR) is 86.4 cm³/mol. The quantitative estimate of drug-likeness (QED) is 0.669. The lowest BCUT2D eigenvalue weighted by molar-refractivity contribution is -0.127. The Bertz CT molecular complexity index is 673. The summed E-state index contributed by atoms with van der Waals surface area (Å²) in [6.07, 6.45) is 6.26. The van der Waals surface area contributed by atoms with Gasteiger partial charge in [-0.25, -0.2) is 13.2 Å². The maximum atomic E-state index is 13.9. The molecule has 7 heteroatoms. The van der Waals surface area contributed by atoms with Gasteiger partial charge in [0.15, 0.2) is 17.5 Å². The van der Waals surface area contributed by atoms with E-state index in [0.29, 0.717) is 0 Å². The molecule has 1 atom stereocenters. The van der Waals surface area contributed by atoms with Crippen LogP contribution in [0.5, 0.6) is 0 Å². The smallest absolute Gasteiger partial charge is 0.227 e. The zero-order valence-electron chi connectivity index (χ0n) is 13.9. The first-order valence-electron chi connectivity index (χ1n) is 8.71. The number of amides is 2. The van der Waals surface area contributed by atoms with Crippen LogP contribution in [0.25, 0.3) is 0 Å². The van der Waals surface area contributed by atoms with Crippen LogP contribution < -0.4 is 10.2 Å². The Morgan fingerprint density at radius 2 is 1.72 bits per heavy atom. The zero-order chi connectivity index (χ0) is 18.0. The normalized spacial score (nSPS) is 22.1. The van der Waals surface area contributed by atoms with Gasteiger partial charge < -0.3 is 10.2 Å². The fraction of sp³-hybridized carbons (Fsp3) is 0.556. The first kappa shape index (κ1) is 17.8. The first-order valence-corrected chi connectivity index (χ1v) is 8.71. The van der Waals surface area contributed by atoms with Crippen LogP contribution in [0.2, 0.25) is 0 Å².